The average Bonchev–Trinajstić information content (AvgIpc) is 3.54. The second-order valence-corrected chi connectivity index (χ2v) is 11.1. The summed E-state index contributed by atoms with van der Waals surface area (Å²) in [4.78, 5) is 38.1. The molecule has 39 heavy (non-hydrogen) atoms. The van der Waals surface area contributed by atoms with Gasteiger partial charge in [0.05, 0.1) is 16.6 Å². The molecule has 2 aromatic carbocycles. The van der Waals surface area contributed by atoms with E-state index in [9.17, 15) is 22.8 Å². The lowest BCUT2D eigenvalue weighted by atomic mass is 9.79. The van der Waals surface area contributed by atoms with Crippen molar-refractivity contribution in [3.63, 3.8) is 0 Å². The maximum atomic E-state index is 13.2. The van der Waals surface area contributed by atoms with Gasteiger partial charge < -0.3 is 9.80 Å². The number of fused-ring (bicyclic) bond motifs is 1. The standard InChI is InChI=1S/C28H26F3N5O2S/c1-17-33-23-14-19(2-7-24(23)36(17)22-5-3-21(4-6-22)28(29,30)31)26(37)35-15-20(16-35)18-8-11-34(12-9-18)27(38)25-32-10-13-39-25/h2-7,10,13-14,18,20H,8-9,11-12,15-16H2,1H3. The summed E-state index contributed by atoms with van der Waals surface area (Å²) in [5, 5.41) is 2.34. The van der Waals surface area contributed by atoms with Crippen molar-refractivity contribution in [3.8, 4) is 5.69 Å². The van der Waals surface area contributed by atoms with E-state index in [1.807, 2.05) is 15.2 Å². The minimum atomic E-state index is -4.39. The second-order valence-electron chi connectivity index (χ2n) is 10.2. The molecule has 0 saturated carbocycles. The van der Waals surface area contributed by atoms with Crippen LogP contribution in [0.5, 0.6) is 0 Å². The van der Waals surface area contributed by atoms with E-state index in [0.717, 1.165) is 30.5 Å². The molecule has 0 atom stereocenters. The van der Waals surface area contributed by atoms with Gasteiger partial charge in [-0.05, 0) is 74.1 Å². The van der Waals surface area contributed by atoms with Crippen LogP contribution in [0.1, 0.15) is 44.4 Å². The topological polar surface area (TPSA) is 71.3 Å². The summed E-state index contributed by atoms with van der Waals surface area (Å²) >= 11 is 1.36. The fourth-order valence-electron chi connectivity index (χ4n) is 5.66. The predicted octanol–water partition coefficient (Wildman–Crippen LogP) is 5.43. The summed E-state index contributed by atoms with van der Waals surface area (Å²) in [6, 6.07) is 10.3. The largest absolute Gasteiger partial charge is 0.416 e. The Hall–Kier alpha value is -3.73. The summed E-state index contributed by atoms with van der Waals surface area (Å²) < 4.78 is 40.7. The van der Waals surface area contributed by atoms with Gasteiger partial charge in [-0.3, -0.25) is 14.2 Å². The highest BCUT2D eigenvalue weighted by Gasteiger charge is 2.38. The van der Waals surface area contributed by atoms with Gasteiger partial charge in [-0.1, -0.05) is 0 Å². The number of nitrogens with zero attached hydrogens (tertiary/aromatic N) is 5. The van der Waals surface area contributed by atoms with Crippen LogP contribution < -0.4 is 0 Å². The van der Waals surface area contributed by atoms with E-state index in [-0.39, 0.29) is 11.8 Å². The lowest BCUT2D eigenvalue weighted by Crippen LogP contribution is -2.54. The predicted molar refractivity (Wildman–Crippen MR) is 141 cm³/mol. The molecule has 2 aliphatic heterocycles. The molecular weight excluding hydrogens is 527 g/mol. The third-order valence-electron chi connectivity index (χ3n) is 7.83. The van der Waals surface area contributed by atoms with Crippen LogP contribution in [0.3, 0.4) is 0 Å². The third-order valence-corrected chi connectivity index (χ3v) is 8.59. The molecule has 0 bridgehead atoms. The number of amides is 2. The molecule has 6 rings (SSSR count). The zero-order chi connectivity index (χ0) is 27.3. The molecule has 4 aromatic rings. The van der Waals surface area contributed by atoms with Crippen LogP contribution in [0.15, 0.2) is 54.0 Å². The number of carbonyl (C=O) groups excluding carboxylic acids is 2. The van der Waals surface area contributed by atoms with Gasteiger partial charge in [0.1, 0.15) is 5.82 Å². The molecule has 7 nitrogen and oxygen atoms in total. The first-order valence-corrected chi connectivity index (χ1v) is 13.7. The first-order chi connectivity index (χ1) is 18.7. The molecule has 11 heteroatoms. The molecule has 0 N–H and O–H groups in total. The van der Waals surface area contributed by atoms with Crippen LogP contribution >= 0.6 is 11.3 Å². The zero-order valence-corrected chi connectivity index (χ0v) is 22.0. The second kappa shape index (κ2) is 9.78. The van der Waals surface area contributed by atoms with E-state index < -0.39 is 11.7 Å². The monoisotopic (exact) mass is 553 g/mol. The van der Waals surface area contributed by atoms with Crippen LogP contribution in [0.25, 0.3) is 16.7 Å². The smallest absolute Gasteiger partial charge is 0.338 e. The molecule has 2 amide bonds. The van der Waals surface area contributed by atoms with Crippen molar-refractivity contribution in [2.45, 2.75) is 25.9 Å². The fourth-order valence-corrected chi connectivity index (χ4v) is 6.26. The van der Waals surface area contributed by atoms with Crippen LogP contribution in [-0.2, 0) is 6.18 Å². The number of likely N-dealkylation sites (tertiary alicyclic amines) is 2. The Bertz CT molecular complexity index is 1520. The lowest BCUT2D eigenvalue weighted by Gasteiger charge is -2.46. The van der Waals surface area contributed by atoms with Crippen LogP contribution in [0.2, 0.25) is 0 Å². The minimum absolute atomic E-state index is 0.000238. The summed E-state index contributed by atoms with van der Waals surface area (Å²) in [5.74, 6) is 1.49. The molecule has 0 unspecified atom stereocenters. The molecule has 2 fully saturated rings. The van der Waals surface area contributed by atoms with E-state index in [0.29, 0.717) is 65.6 Å². The molecular formula is C28H26F3N5O2S. The number of aryl methyl sites for hydroxylation is 1. The van der Waals surface area contributed by atoms with Crippen molar-refractivity contribution in [2.24, 2.45) is 11.8 Å². The number of hydrogen-bond donors (Lipinski definition) is 0. The van der Waals surface area contributed by atoms with E-state index in [4.69, 9.17) is 0 Å². The summed E-state index contributed by atoms with van der Waals surface area (Å²) in [5.41, 5.74) is 1.76. The Morgan fingerprint density at radius 1 is 0.949 bits per heavy atom. The van der Waals surface area contributed by atoms with Gasteiger partial charge >= 0.3 is 6.18 Å². The Labute approximate surface area is 226 Å². The highest BCUT2D eigenvalue weighted by Crippen LogP contribution is 2.34. The number of thiazole rings is 1. The van der Waals surface area contributed by atoms with Crippen molar-refractivity contribution in [2.75, 3.05) is 26.2 Å². The number of aromatic nitrogens is 3. The molecule has 2 aliphatic rings. The molecule has 202 valence electrons. The van der Waals surface area contributed by atoms with Gasteiger partial charge in [-0.2, -0.15) is 13.2 Å². The number of piperidine rings is 1. The Morgan fingerprint density at radius 2 is 1.67 bits per heavy atom. The molecule has 0 aliphatic carbocycles. The highest BCUT2D eigenvalue weighted by molar-refractivity contribution is 7.11. The van der Waals surface area contributed by atoms with Crippen LogP contribution in [0, 0.1) is 18.8 Å². The summed E-state index contributed by atoms with van der Waals surface area (Å²) in [7, 11) is 0. The Morgan fingerprint density at radius 3 is 2.31 bits per heavy atom. The average molecular weight is 554 g/mol. The minimum Gasteiger partial charge on any atom is -0.338 e. The van der Waals surface area contributed by atoms with E-state index in [2.05, 4.69) is 9.97 Å². The van der Waals surface area contributed by atoms with Crippen molar-refractivity contribution >= 4 is 34.2 Å². The Balaban J connectivity index is 1.09. The normalized spacial score (nSPS) is 17.0. The van der Waals surface area contributed by atoms with Crippen molar-refractivity contribution in [3.05, 3.63) is 76.0 Å². The maximum Gasteiger partial charge on any atom is 0.416 e. The van der Waals surface area contributed by atoms with Gasteiger partial charge in [0.15, 0.2) is 5.01 Å². The van der Waals surface area contributed by atoms with Gasteiger partial charge in [-0.25, -0.2) is 9.97 Å². The quantitative estimate of drug-likeness (QED) is 0.338. The van der Waals surface area contributed by atoms with E-state index >= 15 is 0 Å². The molecule has 2 saturated heterocycles. The number of hydrogen-bond acceptors (Lipinski definition) is 5. The van der Waals surface area contributed by atoms with Gasteiger partial charge in [0.2, 0.25) is 0 Å². The SMILES string of the molecule is Cc1nc2cc(C(=O)N3CC(C4CCN(C(=O)c5nccs5)CC4)C3)ccc2n1-c1ccc(C(F)(F)F)cc1. The number of benzene rings is 2. The van der Waals surface area contributed by atoms with E-state index in [1.165, 1.54) is 23.5 Å². The first kappa shape index (κ1) is 25.5. The number of imidazole rings is 1. The van der Waals surface area contributed by atoms with Crippen molar-refractivity contribution in [1.29, 1.82) is 0 Å². The van der Waals surface area contributed by atoms with Crippen molar-refractivity contribution in [1.82, 2.24) is 24.3 Å². The fraction of sp³-hybridized carbons (Fsp3) is 0.357. The Kier molecular flexibility index (Phi) is 6.41. The highest BCUT2D eigenvalue weighted by atomic mass is 32.1. The van der Waals surface area contributed by atoms with Crippen molar-refractivity contribution < 1.29 is 22.8 Å². The maximum absolute atomic E-state index is 13.2. The zero-order valence-electron chi connectivity index (χ0n) is 21.2. The first-order valence-electron chi connectivity index (χ1n) is 12.8. The molecule has 4 heterocycles. The number of alkyl halides is 3. The number of rotatable bonds is 4. The van der Waals surface area contributed by atoms with Gasteiger partial charge in [0.25, 0.3) is 11.8 Å². The third kappa shape index (κ3) is 4.80. The van der Waals surface area contributed by atoms with Crippen LogP contribution in [0.4, 0.5) is 13.2 Å². The molecule has 0 radical (unpaired) electrons. The number of carbonyl (C=O) groups is 2. The van der Waals surface area contributed by atoms with E-state index in [1.54, 1.807) is 35.9 Å². The van der Waals surface area contributed by atoms with Crippen LogP contribution in [-0.4, -0.2) is 62.3 Å². The number of halogens is 3. The molecule has 0 spiro atoms. The lowest BCUT2D eigenvalue weighted by molar-refractivity contribution is -0.137. The van der Waals surface area contributed by atoms with Gasteiger partial charge in [-0.15, -0.1) is 11.3 Å². The molecule has 2 aromatic heterocycles. The summed E-state index contributed by atoms with van der Waals surface area (Å²) in [6.45, 7) is 4.60. The van der Waals surface area contributed by atoms with Gasteiger partial charge in [0, 0.05) is 49.0 Å². The summed E-state index contributed by atoms with van der Waals surface area (Å²) in [6.07, 6.45) is -0.894.